The van der Waals surface area contributed by atoms with E-state index in [1.165, 1.54) is 41.6 Å². The van der Waals surface area contributed by atoms with E-state index in [0.717, 1.165) is 5.57 Å². The standard InChI is InChI=1S/C25H27ClFN5O3/c1-6-16-10-11-31(20(16)7-2)25(35)30-22-21(15(4)18-12-17(27)8-9-19(18)26)32(13-14(3)33)23(29-22)24(34)28-5/h6-9,12,15H,1-2,10-11,13H2,3-5H3,(H,28,34)(H,30,35)/t15-/m1/s1. The number of amides is 3. The lowest BCUT2D eigenvalue weighted by molar-refractivity contribution is -0.117. The van der Waals surface area contributed by atoms with Crippen molar-refractivity contribution in [2.45, 2.75) is 32.7 Å². The second kappa shape index (κ2) is 10.7. The predicted molar refractivity (Wildman–Crippen MR) is 133 cm³/mol. The number of imidazole rings is 1. The largest absolute Gasteiger partial charge is 0.352 e. The molecule has 35 heavy (non-hydrogen) atoms. The number of ketones is 1. The average molecular weight is 500 g/mol. The van der Waals surface area contributed by atoms with Crippen LogP contribution in [0.3, 0.4) is 0 Å². The van der Waals surface area contributed by atoms with Gasteiger partial charge >= 0.3 is 6.03 Å². The van der Waals surface area contributed by atoms with Crippen LogP contribution in [0.1, 0.15) is 48.1 Å². The van der Waals surface area contributed by atoms with E-state index in [9.17, 15) is 18.8 Å². The molecule has 1 aliphatic heterocycles. The van der Waals surface area contributed by atoms with Crippen molar-refractivity contribution in [1.82, 2.24) is 19.8 Å². The maximum atomic E-state index is 14.1. The quantitative estimate of drug-likeness (QED) is 0.553. The summed E-state index contributed by atoms with van der Waals surface area (Å²) in [6.45, 7) is 10.9. The Hall–Kier alpha value is -3.72. The van der Waals surface area contributed by atoms with Crippen molar-refractivity contribution >= 4 is 35.1 Å². The van der Waals surface area contributed by atoms with E-state index in [-0.39, 0.29) is 24.0 Å². The molecule has 1 atom stereocenters. The lowest BCUT2D eigenvalue weighted by atomic mass is 9.97. The van der Waals surface area contributed by atoms with Crippen LogP contribution in [0, 0.1) is 5.82 Å². The first kappa shape index (κ1) is 25.9. The summed E-state index contributed by atoms with van der Waals surface area (Å²) in [4.78, 5) is 43.9. The minimum Gasteiger partial charge on any atom is -0.352 e. The van der Waals surface area contributed by atoms with Crippen LogP contribution in [0.2, 0.25) is 5.02 Å². The number of carbonyl (C=O) groups is 3. The molecule has 184 valence electrons. The van der Waals surface area contributed by atoms with Gasteiger partial charge in [0.2, 0.25) is 5.82 Å². The number of Topliss-reactive ketones (excluding diaryl/α,β-unsaturated/α-hetero) is 1. The number of anilines is 1. The molecule has 0 aliphatic carbocycles. The van der Waals surface area contributed by atoms with Gasteiger partial charge in [0.15, 0.2) is 5.82 Å². The average Bonchev–Trinajstić information content (AvgIpc) is 3.40. The van der Waals surface area contributed by atoms with Crippen molar-refractivity contribution in [2.75, 3.05) is 18.9 Å². The molecular weight excluding hydrogens is 473 g/mol. The van der Waals surface area contributed by atoms with Crippen molar-refractivity contribution in [2.24, 2.45) is 0 Å². The normalized spacial score (nSPS) is 14.0. The fraction of sp³-hybridized carbons (Fsp3) is 0.280. The van der Waals surface area contributed by atoms with Crippen LogP contribution in [0.4, 0.5) is 15.0 Å². The Morgan fingerprint density at radius 2 is 2.00 bits per heavy atom. The van der Waals surface area contributed by atoms with Crippen molar-refractivity contribution in [3.8, 4) is 0 Å². The summed E-state index contributed by atoms with van der Waals surface area (Å²) in [5, 5.41) is 5.56. The number of benzene rings is 1. The van der Waals surface area contributed by atoms with Crippen LogP contribution in [-0.2, 0) is 11.3 Å². The van der Waals surface area contributed by atoms with Gasteiger partial charge in [-0.2, -0.15) is 0 Å². The molecule has 2 aromatic rings. The lowest BCUT2D eigenvalue weighted by Gasteiger charge is -2.21. The second-order valence-electron chi connectivity index (χ2n) is 8.07. The molecule has 2 heterocycles. The summed E-state index contributed by atoms with van der Waals surface area (Å²) in [5.74, 6) is -1.92. The Balaban J connectivity index is 2.16. The Kier molecular flexibility index (Phi) is 7.91. The highest BCUT2D eigenvalue weighted by Crippen LogP contribution is 2.36. The van der Waals surface area contributed by atoms with E-state index in [2.05, 4.69) is 28.8 Å². The molecular formula is C25H27ClFN5O3. The van der Waals surface area contributed by atoms with Gasteiger partial charge in [0.05, 0.1) is 12.2 Å². The van der Waals surface area contributed by atoms with Crippen LogP contribution in [0.25, 0.3) is 0 Å². The zero-order chi connectivity index (χ0) is 25.9. The number of nitrogens with one attached hydrogen (secondary N) is 2. The van der Waals surface area contributed by atoms with Crippen LogP contribution in [0.15, 0.2) is 54.8 Å². The van der Waals surface area contributed by atoms with Crippen LogP contribution in [-0.4, -0.2) is 45.8 Å². The molecule has 0 unspecified atom stereocenters. The Labute approximate surface area is 208 Å². The van der Waals surface area contributed by atoms with Gasteiger partial charge in [-0.25, -0.2) is 14.2 Å². The van der Waals surface area contributed by atoms with Crippen LogP contribution < -0.4 is 10.6 Å². The summed E-state index contributed by atoms with van der Waals surface area (Å²) < 4.78 is 15.5. The van der Waals surface area contributed by atoms with Crippen molar-refractivity contribution in [3.05, 3.63) is 82.7 Å². The lowest BCUT2D eigenvalue weighted by Crippen LogP contribution is -2.32. The smallest absolute Gasteiger partial charge is 0.327 e. The first-order valence-corrected chi connectivity index (χ1v) is 11.3. The van der Waals surface area contributed by atoms with E-state index < -0.39 is 23.7 Å². The van der Waals surface area contributed by atoms with E-state index in [1.807, 2.05) is 0 Å². The van der Waals surface area contributed by atoms with Gasteiger partial charge in [-0.1, -0.05) is 37.8 Å². The summed E-state index contributed by atoms with van der Waals surface area (Å²) in [7, 11) is 1.43. The fourth-order valence-electron chi connectivity index (χ4n) is 4.14. The molecule has 0 spiro atoms. The molecule has 0 saturated carbocycles. The predicted octanol–water partition coefficient (Wildman–Crippen LogP) is 4.64. The monoisotopic (exact) mass is 499 g/mol. The number of hydrogen-bond acceptors (Lipinski definition) is 4. The summed E-state index contributed by atoms with van der Waals surface area (Å²) in [6, 6.07) is 3.44. The number of rotatable bonds is 8. The highest BCUT2D eigenvalue weighted by atomic mass is 35.5. The van der Waals surface area contributed by atoms with E-state index in [0.29, 0.717) is 34.9 Å². The van der Waals surface area contributed by atoms with Crippen molar-refractivity contribution in [3.63, 3.8) is 0 Å². The highest BCUT2D eigenvalue weighted by Gasteiger charge is 2.31. The third-order valence-corrected chi connectivity index (χ3v) is 6.13. The van der Waals surface area contributed by atoms with Crippen molar-refractivity contribution in [1.29, 1.82) is 0 Å². The maximum absolute atomic E-state index is 14.1. The van der Waals surface area contributed by atoms with Crippen LogP contribution in [0.5, 0.6) is 0 Å². The molecule has 0 bridgehead atoms. The molecule has 0 fully saturated rings. The topological polar surface area (TPSA) is 96.3 Å². The number of halogens is 2. The van der Waals surface area contributed by atoms with Gasteiger partial charge in [-0.15, -0.1) is 0 Å². The number of urea groups is 1. The molecule has 3 rings (SSSR count). The first-order valence-electron chi connectivity index (χ1n) is 11.0. The number of allylic oxidation sites excluding steroid dienone is 2. The Morgan fingerprint density at radius 1 is 1.29 bits per heavy atom. The minimum atomic E-state index is -0.629. The molecule has 2 N–H and O–H groups in total. The van der Waals surface area contributed by atoms with E-state index in [1.54, 1.807) is 19.1 Å². The molecule has 0 radical (unpaired) electrons. The first-order chi connectivity index (χ1) is 16.6. The zero-order valence-electron chi connectivity index (χ0n) is 19.8. The molecule has 1 aromatic carbocycles. The second-order valence-corrected chi connectivity index (χ2v) is 8.48. The number of nitrogens with zero attached hydrogens (tertiary/aromatic N) is 3. The molecule has 0 saturated heterocycles. The summed E-state index contributed by atoms with van der Waals surface area (Å²) >= 11 is 6.36. The van der Waals surface area contributed by atoms with Crippen LogP contribution >= 0.6 is 11.6 Å². The molecule has 10 heteroatoms. The van der Waals surface area contributed by atoms with Gasteiger partial charge < -0.3 is 9.88 Å². The number of aromatic nitrogens is 2. The summed E-state index contributed by atoms with van der Waals surface area (Å²) in [6.07, 6.45) is 3.86. The third-order valence-electron chi connectivity index (χ3n) is 5.79. The fourth-order valence-corrected chi connectivity index (χ4v) is 4.42. The number of carbonyl (C=O) groups excluding carboxylic acids is 3. The maximum Gasteiger partial charge on any atom is 0.327 e. The van der Waals surface area contributed by atoms with Crippen molar-refractivity contribution < 1.29 is 18.8 Å². The molecule has 8 nitrogen and oxygen atoms in total. The van der Waals surface area contributed by atoms with Gasteiger partial charge in [-0.3, -0.25) is 19.8 Å². The van der Waals surface area contributed by atoms with Gasteiger partial charge in [-0.05, 0) is 48.8 Å². The molecule has 1 aromatic heterocycles. The zero-order valence-corrected chi connectivity index (χ0v) is 20.6. The van der Waals surface area contributed by atoms with Gasteiger partial charge in [0.1, 0.15) is 11.6 Å². The Bertz CT molecular complexity index is 1250. The molecule has 1 aliphatic rings. The third kappa shape index (κ3) is 5.19. The van der Waals surface area contributed by atoms with Gasteiger partial charge in [0.25, 0.3) is 5.91 Å². The Morgan fingerprint density at radius 3 is 2.60 bits per heavy atom. The minimum absolute atomic E-state index is 0.0677. The van der Waals surface area contributed by atoms with E-state index in [4.69, 9.17) is 11.6 Å². The van der Waals surface area contributed by atoms with Gasteiger partial charge in [0, 0.05) is 30.2 Å². The SMILES string of the molecule is C=CC1=C(C=C)N(C(=O)Nc2nc(C(=O)NC)n(CC(C)=O)c2[C@H](C)c2cc(F)ccc2Cl)CC1. The number of hydrogen-bond donors (Lipinski definition) is 2. The highest BCUT2D eigenvalue weighted by molar-refractivity contribution is 6.31. The molecule has 3 amide bonds. The van der Waals surface area contributed by atoms with E-state index >= 15 is 0 Å². The summed E-state index contributed by atoms with van der Waals surface area (Å²) in [5.41, 5.74) is 2.25.